The van der Waals surface area contributed by atoms with Crippen molar-refractivity contribution in [2.24, 2.45) is 5.92 Å². The number of piperidine rings is 1. The SMILES string of the molecule is CCOC(=O)N1CCC(COc2cnc(-c3cccc(Cn4nc(-c5cccc(C#N)c5)ccc4=O)c3)nc2)CC1. The van der Waals surface area contributed by atoms with Gasteiger partial charge in [0.15, 0.2) is 11.6 Å². The van der Waals surface area contributed by atoms with E-state index in [0.29, 0.717) is 55.1 Å². The molecule has 1 aliphatic rings. The van der Waals surface area contributed by atoms with Gasteiger partial charge in [0.05, 0.1) is 49.5 Å². The number of aromatic nitrogens is 4. The second kappa shape index (κ2) is 12.9. The summed E-state index contributed by atoms with van der Waals surface area (Å²) in [4.78, 5) is 35.1. The molecule has 0 N–H and O–H groups in total. The molecule has 3 heterocycles. The van der Waals surface area contributed by atoms with Crippen molar-refractivity contribution in [1.82, 2.24) is 24.6 Å². The van der Waals surface area contributed by atoms with Gasteiger partial charge < -0.3 is 14.4 Å². The van der Waals surface area contributed by atoms with Crippen LogP contribution in [0, 0.1) is 17.2 Å². The summed E-state index contributed by atoms with van der Waals surface area (Å²) in [6.45, 7) is 4.33. The molecule has 0 saturated carbocycles. The highest BCUT2D eigenvalue weighted by molar-refractivity contribution is 5.67. The van der Waals surface area contributed by atoms with Crippen molar-refractivity contribution >= 4 is 6.09 Å². The Morgan fingerprint density at radius 2 is 1.78 bits per heavy atom. The third kappa shape index (κ3) is 6.94. The van der Waals surface area contributed by atoms with E-state index < -0.39 is 0 Å². The number of benzene rings is 2. The predicted octanol–water partition coefficient (Wildman–Crippen LogP) is 4.53. The average Bonchev–Trinajstić information content (AvgIpc) is 3.02. The molecule has 41 heavy (non-hydrogen) atoms. The minimum Gasteiger partial charge on any atom is -0.490 e. The molecule has 0 radical (unpaired) electrons. The lowest BCUT2D eigenvalue weighted by Crippen LogP contribution is -2.40. The van der Waals surface area contributed by atoms with Gasteiger partial charge in [0, 0.05) is 30.3 Å². The van der Waals surface area contributed by atoms with E-state index >= 15 is 0 Å². The van der Waals surface area contributed by atoms with Crippen LogP contribution in [-0.4, -0.2) is 57.0 Å². The number of rotatable bonds is 8. The van der Waals surface area contributed by atoms with Crippen LogP contribution in [-0.2, 0) is 11.3 Å². The van der Waals surface area contributed by atoms with Crippen LogP contribution in [0.4, 0.5) is 4.79 Å². The molecule has 0 spiro atoms. The van der Waals surface area contributed by atoms with Crippen molar-refractivity contribution in [3.63, 3.8) is 0 Å². The number of carbonyl (C=O) groups is 1. The smallest absolute Gasteiger partial charge is 0.409 e. The number of nitriles is 1. The third-order valence-electron chi connectivity index (χ3n) is 6.93. The fourth-order valence-electron chi connectivity index (χ4n) is 4.70. The number of ether oxygens (including phenoxy) is 2. The van der Waals surface area contributed by atoms with Crippen molar-refractivity contribution in [3.05, 3.63) is 94.5 Å². The van der Waals surface area contributed by atoms with E-state index in [-0.39, 0.29) is 18.2 Å². The fraction of sp³-hybridized carbons (Fsp3) is 0.290. The van der Waals surface area contributed by atoms with Crippen molar-refractivity contribution < 1.29 is 14.3 Å². The monoisotopic (exact) mass is 550 g/mol. The molecular formula is C31H30N6O4. The van der Waals surface area contributed by atoms with E-state index in [2.05, 4.69) is 21.1 Å². The maximum Gasteiger partial charge on any atom is 0.409 e. The maximum atomic E-state index is 12.6. The lowest BCUT2D eigenvalue weighted by molar-refractivity contribution is 0.0844. The molecule has 0 aliphatic carbocycles. The Morgan fingerprint density at radius 1 is 1.02 bits per heavy atom. The molecule has 0 atom stereocenters. The molecular weight excluding hydrogens is 520 g/mol. The third-order valence-corrected chi connectivity index (χ3v) is 6.93. The van der Waals surface area contributed by atoms with E-state index in [4.69, 9.17) is 9.47 Å². The van der Waals surface area contributed by atoms with Crippen molar-refractivity contribution in [1.29, 1.82) is 5.26 Å². The molecule has 1 saturated heterocycles. The van der Waals surface area contributed by atoms with Gasteiger partial charge in [0.25, 0.3) is 5.56 Å². The first-order chi connectivity index (χ1) is 20.0. The minimum atomic E-state index is -0.251. The van der Waals surface area contributed by atoms with Crippen LogP contribution in [0.25, 0.3) is 22.6 Å². The highest BCUT2D eigenvalue weighted by atomic mass is 16.6. The Bertz CT molecular complexity index is 1600. The Kier molecular flexibility index (Phi) is 8.64. The summed E-state index contributed by atoms with van der Waals surface area (Å²) >= 11 is 0. The molecule has 1 aliphatic heterocycles. The predicted molar refractivity (Wildman–Crippen MR) is 152 cm³/mol. The van der Waals surface area contributed by atoms with E-state index in [9.17, 15) is 14.9 Å². The molecule has 4 aromatic rings. The van der Waals surface area contributed by atoms with Gasteiger partial charge in [-0.05, 0) is 55.5 Å². The first kappa shape index (κ1) is 27.5. The number of nitrogens with zero attached hydrogens (tertiary/aromatic N) is 6. The summed E-state index contributed by atoms with van der Waals surface area (Å²) in [5, 5.41) is 13.7. The Balaban J connectivity index is 1.21. The molecule has 5 rings (SSSR count). The van der Waals surface area contributed by atoms with Gasteiger partial charge in [-0.2, -0.15) is 10.4 Å². The quantitative estimate of drug-likeness (QED) is 0.313. The lowest BCUT2D eigenvalue weighted by Gasteiger charge is -2.31. The van der Waals surface area contributed by atoms with Gasteiger partial charge in [0.1, 0.15) is 0 Å². The van der Waals surface area contributed by atoms with E-state index in [0.717, 1.165) is 29.5 Å². The molecule has 0 unspecified atom stereocenters. The molecule has 1 amide bonds. The average molecular weight is 551 g/mol. The molecule has 208 valence electrons. The van der Waals surface area contributed by atoms with Crippen LogP contribution >= 0.6 is 0 Å². The van der Waals surface area contributed by atoms with Crippen molar-refractivity contribution in [3.8, 4) is 34.5 Å². The number of hydrogen-bond donors (Lipinski definition) is 0. The highest BCUT2D eigenvalue weighted by Crippen LogP contribution is 2.22. The van der Waals surface area contributed by atoms with Crippen molar-refractivity contribution in [2.45, 2.75) is 26.3 Å². The molecule has 10 nitrogen and oxygen atoms in total. The summed E-state index contributed by atoms with van der Waals surface area (Å²) in [6, 6.07) is 20.1. The Labute approximate surface area is 237 Å². The summed E-state index contributed by atoms with van der Waals surface area (Å²) in [6.07, 6.45) is 4.79. The molecule has 2 aromatic heterocycles. The first-order valence-electron chi connectivity index (χ1n) is 13.6. The highest BCUT2D eigenvalue weighted by Gasteiger charge is 2.24. The van der Waals surface area contributed by atoms with E-state index in [1.807, 2.05) is 37.3 Å². The van der Waals surface area contributed by atoms with Crippen LogP contribution in [0.3, 0.4) is 0 Å². The topological polar surface area (TPSA) is 123 Å². The van der Waals surface area contributed by atoms with Crippen LogP contribution < -0.4 is 10.3 Å². The summed E-state index contributed by atoms with van der Waals surface area (Å²) < 4.78 is 12.4. The molecule has 10 heteroatoms. The van der Waals surface area contributed by atoms with Gasteiger partial charge >= 0.3 is 6.09 Å². The van der Waals surface area contributed by atoms with Crippen LogP contribution in [0.15, 0.2) is 77.9 Å². The van der Waals surface area contributed by atoms with Crippen LogP contribution in [0.1, 0.15) is 30.9 Å². The first-order valence-corrected chi connectivity index (χ1v) is 13.6. The summed E-state index contributed by atoms with van der Waals surface area (Å²) in [5.41, 5.74) is 3.37. The van der Waals surface area contributed by atoms with Gasteiger partial charge in [-0.1, -0.05) is 30.3 Å². The zero-order chi connectivity index (χ0) is 28.6. The summed E-state index contributed by atoms with van der Waals surface area (Å²) in [5.74, 6) is 1.48. The second-order valence-corrected chi connectivity index (χ2v) is 9.79. The Hall–Kier alpha value is -5.04. The van der Waals surface area contributed by atoms with E-state index in [1.54, 1.807) is 41.6 Å². The summed E-state index contributed by atoms with van der Waals surface area (Å²) in [7, 11) is 0. The lowest BCUT2D eigenvalue weighted by atomic mass is 9.98. The van der Waals surface area contributed by atoms with Crippen LogP contribution in [0.2, 0.25) is 0 Å². The zero-order valence-electron chi connectivity index (χ0n) is 22.8. The standard InChI is InChI=1S/C31H30N6O4/c1-2-40-31(39)36-13-11-22(12-14-36)21-41-27-18-33-30(34-19-27)26-8-4-6-24(16-26)20-37-29(38)10-9-28(35-37)25-7-3-5-23(15-25)17-32/h3-10,15-16,18-19,22H,2,11-14,20-21H2,1H3. The van der Waals surface area contributed by atoms with Gasteiger partial charge in [-0.25, -0.2) is 19.4 Å². The molecule has 1 fully saturated rings. The van der Waals surface area contributed by atoms with Gasteiger partial charge in [0.2, 0.25) is 0 Å². The molecule has 2 aromatic carbocycles. The largest absolute Gasteiger partial charge is 0.490 e. The molecule has 0 bridgehead atoms. The van der Waals surface area contributed by atoms with E-state index in [1.165, 1.54) is 10.7 Å². The number of amides is 1. The number of likely N-dealkylation sites (tertiary alicyclic amines) is 1. The Morgan fingerprint density at radius 3 is 2.54 bits per heavy atom. The van der Waals surface area contributed by atoms with Gasteiger partial charge in [-0.3, -0.25) is 4.79 Å². The maximum absolute atomic E-state index is 12.6. The fourth-order valence-corrected chi connectivity index (χ4v) is 4.70. The minimum absolute atomic E-state index is 0.222. The van der Waals surface area contributed by atoms with Gasteiger partial charge in [-0.15, -0.1) is 0 Å². The zero-order valence-corrected chi connectivity index (χ0v) is 22.8. The second-order valence-electron chi connectivity index (χ2n) is 9.79. The van der Waals surface area contributed by atoms with Crippen LogP contribution in [0.5, 0.6) is 5.75 Å². The normalized spacial score (nSPS) is 13.4. The van der Waals surface area contributed by atoms with Crippen molar-refractivity contribution in [2.75, 3.05) is 26.3 Å². The number of carbonyl (C=O) groups excluding carboxylic acids is 1. The number of hydrogen-bond acceptors (Lipinski definition) is 8.